The number of fused-ring (bicyclic) bond motifs is 1. The van der Waals surface area contributed by atoms with Crippen LogP contribution in [0.3, 0.4) is 0 Å². The van der Waals surface area contributed by atoms with E-state index in [1.54, 1.807) is 36.4 Å². The van der Waals surface area contributed by atoms with Crippen LogP contribution in [-0.2, 0) is 11.3 Å². The van der Waals surface area contributed by atoms with Crippen molar-refractivity contribution in [2.45, 2.75) is 13.0 Å². The molecule has 0 bridgehead atoms. The Morgan fingerprint density at radius 1 is 0.864 bits per heavy atom. The van der Waals surface area contributed by atoms with Crippen LogP contribution in [-0.4, -0.2) is 45.7 Å². The number of aromatic nitrogens is 3. The lowest BCUT2D eigenvalue weighted by Crippen LogP contribution is -2.29. The van der Waals surface area contributed by atoms with Crippen LogP contribution in [0, 0.1) is 11.6 Å². The zero-order chi connectivity index (χ0) is 31.1. The number of hydrogen-bond donors (Lipinski definition) is 3. The van der Waals surface area contributed by atoms with Gasteiger partial charge in [-0.2, -0.15) is 15.0 Å². The molecule has 2 amide bonds. The summed E-state index contributed by atoms with van der Waals surface area (Å²) in [6.07, 6.45) is -0.326. The van der Waals surface area contributed by atoms with Crippen LogP contribution in [0.2, 0.25) is 0 Å². The number of urea groups is 1. The van der Waals surface area contributed by atoms with E-state index in [2.05, 4.69) is 25.6 Å². The number of carbonyl (C=O) groups excluding carboxylic acids is 1. The Hall–Kier alpha value is -5.85. The molecule has 0 aliphatic rings. The topological polar surface area (TPSA) is 139 Å². The first-order chi connectivity index (χ1) is 21.3. The van der Waals surface area contributed by atoms with Crippen LogP contribution in [0.15, 0.2) is 84.9 Å². The molecular formula is C31H26F2N6O5. The summed E-state index contributed by atoms with van der Waals surface area (Å²) in [5.41, 5.74) is 0.714. The van der Waals surface area contributed by atoms with E-state index in [-0.39, 0.29) is 37.4 Å². The average molecular weight is 601 g/mol. The highest BCUT2D eigenvalue weighted by molar-refractivity contribution is 5.99. The summed E-state index contributed by atoms with van der Waals surface area (Å²) in [6, 6.07) is 22.2. The molecular weight excluding hydrogens is 574 g/mol. The summed E-state index contributed by atoms with van der Waals surface area (Å²) in [6.45, 7) is -0.197. The van der Waals surface area contributed by atoms with Crippen LogP contribution >= 0.6 is 0 Å². The predicted octanol–water partition coefficient (Wildman–Crippen LogP) is 6.23. The van der Waals surface area contributed by atoms with E-state index in [4.69, 9.17) is 9.47 Å². The summed E-state index contributed by atoms with van der Waals surface area (Å²) in [4.78, 5) is 38.8. The Labute approximate surface area is 250 Å². The Balaban J connectivity index is 1.49. The number of methoxy groups -OCH3 is 1. The molecule has 3 N–H and O–H groups in total. The van der Waals surface area contributed by atoms with Crippen molar-refractivity contribution in [3.05, 3.63) is 102 Å². The summed E-state index contributed by atoms with van der Waals surface area (Å²) < 4.78 is 38.8. The normalized spacial score (nSPS) is 10.7. The summed E-state index contributed by atoms with van der Waals surface area (Å²) in [7, 11) is 1.46. The van der Waals surface area contributed by atoms with Crippen LogP contribution in [0.5, 0.6) is 17.5 Å². The molecule has 11 nitrogen and oxygen atoms in total. The van der Waals surface area contributed by atoms with E-state index >= 15 is 0 Å². The maximum absolute atomic E-state index is 14.0. The van der Waals surface area contributed by atoms with Crippen LogP contribution in [0.1, 0.15) is 12.0 Å². The standard InChI is InChI=1S/C31H26F2N6O5/c1-43-26-9-5-4-8-25(26)34-30(42)36-28-35-29(39(15-14-27(40)41)18-19-10-13-23(32)24(33)16-19)38-31(37-28)44-22-12-11-20-6-2-3-7-21(20)17-22/h2-13,16-17H,14-15,18H2,1H3,(H,40,41)(H2,34,35,36,37,38,42). The van der Waals surface area contributed by atoms with E-state index < -0.39 is 23.6 Å². The molecule has 0 atom stereocenters. The zero-order valence-electron chi connectivity index (χ0n) is 23.3. The molecule has 0 aliphatic heterocycles. The van der Waals surface area contributed by atoms with Crippen molar-refractivity contribution in [3.63, 3.8) is 0 Å². The van der Waals surface area contributed by atoms with E-state index in [0.29, 0.717) is 22.7 Å². The third-order valence-corrected chi connectivity index (χ3v) is 6.35. The van der Waals surface area contributed by atoms with Gasteiger partial charge < -0.3 is 24.8 Å². The number of anilines is 3. The molecule has 1 aromatic heterocycles. The number of halogens is 2. The number of carboxylic acid groups (broad SMARTS) is 1. The number of ether oxygens (including phenoxy) is 2. The van der Waals surface area contributed by atoms with Gasteiger partial charge >= 0.3 is 18.0 Å². The molecule has 5 rings (SSSR count). The summed E-state index contributed by atoms with van der Waals surface area (Å²) >= 11 is 0. The molecule has 0 unspecified atom stereocenters. The maximum Gasteiger partial charge on any atom is 0.328 e. The number of nitrogens with zero attached hydrogens (tertiary/aromatic N) is 4. The average Bonchev–Trinajstić information content (AvgIpc) is 3.01. The van der Waals surface area contributed by atoms with Crippen molar-refractivity contribution < 1.29 is 33.0 Å². The number of nitrogens with one attached hydrogen (secondary N) is 2. The van der Waals surface area contributed by atoms with Crippen molar-refractivity contribution in [2.24, 2.45) is 0 Å². The minimum atomic E-state index is -1.10. The molecule has 224 valence electrons. The molecule has 13 heteroatoms. The summed E-state index contributed by atoms with van der Waals surface area (Å²) in [5, 5.41) is 16.4. The fourth-order valence-electron chi connectivity index (χ4n) is 4.27. The van der Waals surface area contributed by atoms with Gasteiger partial charge in [-0.3, -0.25) is 10.1 Å². The van der Waals surface area contributed by atoms with Gasteiger partial charge in [0.2, 0.25) is 11.9 Å². The highest BCUT2D eigenvalue weighted by atomic mass is 19.2. The van der Waals surface area contributed by atoms with Gasteiger partial charge in [-0.05, 0) is 52.7 Å². The van der Waals surface area contributed by atoms with Gasteiger partial charge in [0, 0.05) is 13.1 Å². The Kier molecular flexibility index (Phi) is 9.04. The number of carboxylic acids is 1. The third kappa shape index (κ3) is 7.50. The van der Waals surface area contributed by atoms with Gasteiger partial charge in [0.25, 0.3) is 0 Å². The first kappa shape index (κ1) is 29.6. The highest BCUT2D eigenvalue weighted by Crippen LogP contribution is 2.27. The molecule has 0 saturated carbocycles. The zero-order valence-corrected chi connectivity index (χ0v) is 23.3. The monoisotopic (exact) mass is 600 g/mol. The number of para-hydroxylation sites is 2. The largest absolute Gasteiger partial charge is 0.495 e. The minimum Gasteiger partial charge on any atom is -0.495 e. The van der Waals surface area contributed by atoms with Gasteiger partial charge in [-0.25, -0.2) is 13.6 Å². The molecule has 0 radical (unpaired) electrons. The van der Waals surface area contributed by atoms with Crippen molar-refractivity contribution in [1.29, 1.82) is 0 Å². The second-order valence-corrected chi connectivity index (χ2v) is 9.45. The Morgan fingerprint density at radius 2 is 1.64 bits per heavy atom. The second-order valence-electron chi connectivity index (χ2n) is 9.45. The SMILES string of the molecule is COc1ccccc1NC(=O)Nc1nc(Oc2ccc3ccccc3c2)nc(N(CCC(=O)O)Cc2ccc(F)c(F)c2)n1. The number of aliphatic carboxylic acids is 1. The van der Waals surface area contributed by atoms with Gasteiger partial charge in [0.05, 0.1) is 19.2 Å². The first-order valence-corrected chi connectivity index (χ1v) is 13.3. The summed E-state index contributed by atoms with van der Waals surface area (Å²) in [5.74, 6) is -2.67. The molecule has 0 fully saturated rings. The van der Waals surface area contributed by atoms with E-state index in [1.165, 1.54) is 18.1 Å². The van der Waals surface area contributed by atoms with E-state index in [1.807, 2.05) is 30.3 Å². The number of carbonyl (C=O) groups is 2. The minimum absolute atomic E-state index is 0.0747. The molecule has 5 aromatic rings. The van der Waals surface area contributed by atoms with Gasteiger partial charge in [0.1, 0.15) is 11.5 Å². The second kappa shape index (κ2) is 13.4. The lowest BCUT2D eigenvalue weighted by Gasteiger charge is -2.23. The fourth-order valence-corrected chi connectivity index (χ4v) is 4.27. The van der Waals surface area contributed by atoms with Crippen molar-refractivity contribution >= 4 is 40.4 Å². The smallest absolute Gasteiger partial charge is 0.328 e. The Morgan fingerprint density at radius 3 is 2.41 bits per heavy atom. The molecule has 44 heavy (non-hydrogen) atoms. The first-order valence-electron chi connectivity index (χ1n) is 13.3. The number of hydrogen-bond acceptors (Lipinski definition) is 8. The van der Waals surface area contributed by atoms with Crippen molar-refractivity contribution in [3.8, 4) is 17.5 Å². The molecule has 1 heterocycles. The predicted molar refractivity (Wildman–Crippen MR) is 159 cm³/mol. The molecule has 0 spiro atoms. The number of benzene rings is 4. The molecule has 4 aromatic carbocycles. The lowest BCUT2D eigenvalue weighted by molar-refractivity contribution is -0.136. The number of rotatable bonds is 11. The van der Waals surface area contributed by atoms with E-state index in [9.17, 15) is 23.5 Å². The number of amides is 2. The van der Waals surface area contributed by atoms with Gasteiger partial charge in [-0.15, -0.1) is 0 Å². The quantitative estimate of drug-likeness (QED) is 0.161. The highest BCUT2D eigenvalue weighted by Gasteiger charge is 2.19. The third-order valence-electron chi connectivity index (χ3n) is 6.35. The molecule has 0 saturated heterocycles. The fraction of sp³-hybridized carbons (Fsp3) is 0.129. The van der Waals surface area contributed by atoms with Crippen LogP contribution in [0.4, 0.5) is 31.2 Å². The van der Waals surface area contributed by atoms with E-state index in [0.717, 1.165) is 22.9 Å². The molecule has 0 aliphatic carbocycles. The van der Waals surface area contributed by atoms with Gasteiger partial charge in [-0.1, -0.05) is 48.5 Å². The van der Waals surface area contributed by atoms with Crippen molar-refractivity contribution in [2.75, 3.05) is 29.2 Å². The van der Waals surface area contributed by atoms with Gasteiger partial charge in [0.15, 0.2) is 11.6 Å². The Bertz CT molecular complexity index is 1820. The van der Waals surface area contributed by atoms with Crippen LogP contribution in [0.25, 0.3) is 10.8 Å². The van der Waals surface area contributed by atoms with Crippen LogP contribution < -0.4 is 25.0 Å². The lowest BCUT2D eigenvalue weighted by atomic mass is 10.1. The van der Waals surface area contributed by atoms with Crippen molar-refractivity contribution in [1.82, 2.24) is 15.0 Å². The maximum atomic E-state index is 14.0.